The number of hydrogen-bond acceptors (Lipinski definition) is 6. The molecule has 1 fully saturated rings. The molecule has 0 bridgehead atoms. The molecule has 1 saturated carbocycles. The Balaban J connectivity index is 1.50. The third-order valence-corrected chi connectivity index (χ3v) is 8.06. The van der Waals surface area contributed by atoms with Crippen LogP contribution in [-0.4, -0.2) is 35.5 Å². The summed E-state index contributed by atoms with van der Waals surface area (Å²) in [5.74, 6) is 1.13. The minimum atomic E-state index is -0.361. The van der Waals surface area contributed by atoms with Crippen molar-refractivity contribution in [1.82, 2.24) is 9.66 Å². The van der Waals surface area contributed by atoms with Crippen LogP contribution in [0.1, 0.15) is 49.4 Å². The first-order chi connectivity index (χ1) is 19.8. The minimum absolute atomic E-state index is 0.131. The topological polar surface area (TPSA) is 94.8 Å². The van der Waals surface area contributed by atoms with Crippen LogP contribution in [0.3, 0.4) is 0 Å². The van der Waals surface area contributed by atoms with E-state index in [0.717, 1.165) is 30.2 Å². The van der Waals surface area contributed by atoms with E-state index in [4.69, 9.17) is 26.1 Å². The molecule has 1 heterocycles. The van der Waals surface area contributed by atoms with Crippen molar-refractivity contribution in [3.05, 3.63) is 90.3 Å². The van der Waals surface area contributed by atoms with Crippen LogP contribution in [-0.2, 0) is 4.79 Å². The van der Waals surface area contributed by atoms with Gasteiger partial charge in [0.2, 0.25) is 0 Å². The largest absolute Gasteiger partial charge is 0.493 e. The van der Waals surface area contributed by atoms with E-state index >= 15 is 0 Å². The molecule has 0 saturated heterocycles. The third-order valence-electron chi connectivity index (χ3n) is 6.86. The number of fused-ring (bicyclic) bond motifs is 1. The Kier molecular flexibility index (Phi) is 9.42. The normalized spacial score (nSPS) is 14.0. The molecule has 1 amide bonds. The highest BCUT2D eigenvalue weighted by atomic mass is 79.9. The molecule has 0 radical (unpaired) electrons. The number of hydrogen-bond donors (Lipinski definition) is 1. The molecule has 41 heavy (non-hydrogen) atoms. The lowest BCUT2D eigenvalue weighted by atomic mass is 9.88. The molecule has 11 heteroatoms. The van der Waals surface area contributed by atoms with E-state index in [2.05, 4.69) is 42.3 Å². The molecular formula is C30H27Br2ClN4O4. The standard InChI is InChI=1S/C30H27Br2ClN4O4/c1-40-26-15-21(32)13-19(28(26)41-17-27(38)35-23-10-8-22(33)9-11-23)16-34-37-29(18-5-3-2-4-6-18)36-25-12-7-20(31)14-24(25)30(37)39/h7-16,18H,2-6,17H2,1H3,(H,35,38). The third kappa shape index (κ3) is 6.99. The van der Waals surface area contributed by atoms with Crippen LogP contribution in [0.5, 0.6) is 11.5 Å². The monoisotopic (exact) mass is 700 g/mol. The number of halogens is 3. The number of benzene rings is 3. The van der Waals surface area contributed by atoms with E-state index < -0.39 is 0 Å². The Hall–Kier alpha value is -3.21. The van der Waals surface area contributed by atoms with Crippen LogP contribution in [0, 0.1) is 0 Å². The molecule has 1 aromatic heterocycles. The van der Waals surface area contributed by atoms with Crippen molar-refractivity contribution in [3.63, 3.8) is 0 Å². The number of ether oxygens (including phenoxy) is 2. The van der Waals surface area contributed by atoms with Crippen LogP contribution >= 0.6 is 43.5 Å². The number of nitrogens with one attached hydrogen (secondary N) is 1. The predicted octanol–water partition coefficient (Wildman–Crippen LogP) is 7.53. The fourth-order valence-corrected chi connectivity index (χ4v) is 5.82. The van der Waals surface area contributed by atoms with Gasteiger partial charge in [-0.3, -0.25) is 9.59 Å². The van der Waals surface area contributed by atoms with E-state index in [9.17, 15) is 9.59 Å². The van der Waals surface area contributed by atoms with Crippen molar-refractivity contribution in [2.45, 2.75) is 38.0 Å². The van der Waals surface area contributed by atoms with Gasteiger partial charge in [-0.15, -0.1) is 0 Å². The number of methoxy groups -OCH3 is 1. The smallest absolute Gasteiger partial charge is 0.282 e. The molecular weight excluding hydrogens is 676 g/mol. The first-order valence-corrected chi connectivity index (χ1v) is 15.1. The van der Waals surface area contributed by atoms with Crippen LogP contribution in [0.2, 0.25) is 5.02 Å². The van der Waals surface area contributed by atoms with Gasteiger partial charge in [0.05, 0.1) is 24.2 Å². The van der Waals surface area contributed by atoms with E-state index in [1.165, 1.54) is 18.2 Å². The summed E-state index contributed by atoms with van der Waals surface area (Å²) in [6, 6.07) is 15.8. The first kappa shape index (κ1) is 29.3. The van der Waals surface area contributed by atoms with Crippen molar-refractivity contribution in [2.75, 3.05) is 19.0 Å². The van der Waals surface area contributed by atoms with Crippen molar-refractivity contribution >= 4 is 72.2 Å². The molecule has 4 aromatic rings. The van der Waals surface area contributed by atoms with Gasteiger partial charge in [-0.05, 0) is 67.4 Å². The maximum atomic E-state index is 13.7. The SMILES string of the molecule is COc1cc(Br)cc(C=Nn2c(C3CCCCC3)nc3ccc(Br)cc3c2=O)c1OCC(=O)Nc1ccc(Cl)cc1. The van der Waals surface area contributed by atoms with E-state index in [1.54, 1.807) is 48.7 Å². The number of anilines is 1. The number of amides is 1. The number of carbonyl (C=O) groups excluding carboxylic acids is 1. The zero-order chi connectivity index (χ0) is 28.9. The van der Waals surface area contributed by atoms with Gasteiger partial charge in [-0.25, -0.2) is 4.98 Å². The molecule has 5 rings (SSSR count). The van der Waals surface area contributed by atoms with Gasteiger partial charge in [0, 0.05) is 31.1 Å². The highest BCUT2D eigenvalue weighted by molar-refractivity contribution is 9.10. The molecule has 0 aliphatic heterocycles. The van der Waals surface area contributed by atoms with Gasteiger partial charge in [-0.1, -0.05) is 62.7 Å². The molecule has 0 spiro atoms. The summed E-state index contributed by atoms with van der Waals surface area (Å²) in [5, 5.41) is 8.46. The lowest BCUT2D eigenvalue weighted by Crippen LogP contribution is -2.25. The molecule has 0 atom stereocenters. The van der Waals surface area contributed by atoms with Crippen molar-refractivity contribution in [3.8, 4) is 11.5 Å². The van der Waals surface area contributed by atoms with Crippen LogP contribution < -0.4 is 20.3 Å². The molecule has 3 aromatic carbocycles. The van der Waals surface area contributed by atoms with Gasteiger partial charge in [0.15, 0.2) is 18.1 Å². The summed E-state index contributed by atoms with van der Waals surface area (Å²) in [6.45, 7) is -0.277. The highest BCUT2D eigenvalue weighted by Gasteiger charge is 2.23. The van der Waals surface area contributed by atoms with Gasteiger partial charge < -0.3 is 14.8 Å². The Bertz CT molecular complexity index is 1670. The van der Waals surface area contributed by atoms with Crippen molar-refractivity contribution in [2.24, 2.45) is 5.10 Å². The Morgan fingerprint density at radius 3 is 2.59 bits per heavy atom. The molecule has 1 aliphatic rings. The number of aromatic nitrogens is 2. The fourth-order valence-electron chi connectivity index (χ4n) is 4.88. The van der Waals surface area contributed by atoms with Crippen molar-refractivity contribution < 1.29 is 14.3 Å². The zero-order valence-corrected chi connectivity index (χ0v) is 26.1. The molecule has 1 aliphatic carbocycles. The Labute approximate surface area is 259 Å². The second kappa shape index (κ2) is 13.2. The van der Waals surface area contributed by atoms with Crippen LogP contribution in [0.4, 0.5) is 5.69 Å². The van der Waals surface area contributed by atoms with Gasteiger partial charge in [-0.2, -0.15) is 9.78 Å². The minimum Gasteiger partial charge on any atom is -0.493 e. The molecule has 1 N–H and O–H groups in total. The predicted molar refractivity (Wildman–Crippen MR) is 169 cm³/mol. The second-order valence-corrected chi connectivity index (χ2v) is 12.0. The Morgan fingerprint density at radius 1 is 1.10 bits per heavy atom. The zero-order valence-electron chi connectivity index (χ0n) is 22.2. The lowest BCUT2D eigenvalue weighted by molar-refractivity contribution is -0.118. The molecule has 8 nitrogen and oxygen atoms in total. The first-order valence-electron chi connectivity index (χ1n) is 13.1. The number of rotatable bonds is 8. The quantitative estimate of drug-likeness (QED) is 0.192. The fraction of sp³-hybridized carbons (Fsp3) is 0.267. The van der Waals surface area contributed by atoms with Gasteiger partial charge in [0.25, 0.3) is 11.5 Å². The Morgan fingerprint density at radius 2 is 1.85 bits per heavy atom. The maximum Gasteiger partial charge on any atom is 0.282 e. The maximum absolute atomic E-state index is 13.7. The average Bonchev–Trinajstić information content (AvgIpc) is 2.97. The second-order valence-electron chi connectivity index (χ2n) is 9.70. The molecule has 212 valence electrons. The summed E-state index contributed by atoms with van der Waals surface area (Å²) in [7, 11) is 1.51. The van der Waals surface area contributed by atoms with Gasteiger partial charge in [0.1, 0.15) is 5.82 Å². The van der Waals surface area contributed by atoms with Crippen LogP contribution in [0.25, 0.3) is 10.9 Å². The summed E-state index contributed by atoms with van der Waals surface area (Å²) >= 11 is 12.9. The summed E-state index contributed by atoms with van der Waals surface area (Å²) < 4.78 is 14.4. The number of carbonyl (C=O) groups is 1. The number of nitrogens with zero attached hydrogens (tertiary/aromatic N) is 3. The van der Waals surface area contributed by atoms with E-state index in [0.29, 0.717) is 49.0 Å². The summed E-state index contributed by atoms with van der Waals surface area (Å²) in [5.41, 5.74) is 1.51. The molecule has 0 unspecified atom stereocenters. The van der Waals surface area contributed by atoms with Gasteiger partial charge >= 0.3 is 0 Å². The summed E-state index contributed by atoms with van der Waals surface area (Å²) in [6.07, 6.45) is 6.79. The van der Waals surface area contributed by atoms with Crippen molar-refractivity contribution in [1.29, 1.82) is 0 Å². The average molecular weight is 703 g/mol. The van der Waals surface area contributed by atoms with Crippen LogP contribution in [0.15, 0.2) is 73.4 Å². The lowest BCUT2D eigenvalue weighted by Gasteiger charge is -2.23. The van der Waals surface area contributed by atoms with E-state index in [1.807, 2.05) is 12.1 Å². The van der Waals surface area contributed by atoms with E-state index in [-0.39, 0.29) is 24.0 Å². The summed E-state index contributed by atoms with van der Waals surface area (Å²) in [4.78, 5) is 31.2. The highest BCUT2D eigenvalue weighted by Crippen LogP contribution is 2.35.